The van der Waals surface area contributed by atoms with Crippen molar-refractivity contribution in [2.24, 2.45) is 0 Å². The normalized spacial score (nSPS) is 11.0. The summed E-state index contributed by atoms with van der Waals surface area (Å²) in [6.45, 7) is 0. The molecular formula is C19H15NO2. The molecule has 2 aromatic carbocycles. The minimum atomic E-state index is -0.129. The number of hydrogen-bond donors (Lipinski definition) is 0. The van der Waals surface area contributed by atoms with Gasteiger partial charge in [0.25, 0.3) is 0 Å². The van der Waals surface area contributed by atoms with Gasteiger partial charge in [-0.1, -0.05) is 36.4 Å². The Balaban J connectivity index is 2.02. The molecule has 0 spiro atoms. The van der Waals surface area contributed by atoms with Gasteiger partial charge in [-0.2, -0.15) is 0 Å². The molecule has 0 radical (unpaired) electrons. The van der Waals surface area contributed by atoms with Gasteiger partial charge < -0.3 is 4.74 Å². The van der Waals surface area contributed by atoms with E-state index in [1.165, 1.54) is 6.08 Å². The van der Waals surface area contributed by atoms with Gasteiger partial charge in [0.1, 0.15) is 11.4 Å². The van der Waals surface area contributed by atoms with Crippen LogP contribution >= 0.6 is 0 Å². The van der Waals surface area contributed by atoms with E-state index in [2.05, 4.69) is 4.98 Å². The largest absolute Gasteiger partial charge is 0.496 e. The van der Waals surface area contributed by atoms with E-state index >= 15 is 0 Å². The fraction of sp³-hybridized carbons (Fsp3) is 0.0526. The Morgan fingerprint density at radius 3 is 2.64 bits per heavy atom. The Bertz CT molecular complexity index is 838. The lowest BCUT2D eigenvalue weighted by Crippen LogP contribution is -1.97. The van der Waals surface area contributed by atoms with Gasteiger partial charge >= 0.3 is 0 Å². The SMILES string of the molecule is COc1ccc2ccccc2c1/C=C/C(=O)c1ccccn1. The van der Waals surface area contributed by atoms with E-state index in [-0.39, 0.29) is 5.78 Å². The molecule has 0 N–H and O–H groups in total. The molecule has 22 heavy (non-hydrogen) atoms. The molecule has 3 aromatic rings. The number of fused-ring (bicyclic) bond motifs is 1. The average molecular weight is 289 g/mol. The number of rotatable bonds is 4. The minimum absolute atomic E-state index is 0.129. The van der Waals surface area contributed by atoms with Gasteiger partial charge in [-0.15, -0.1) is 0 Å². The van der Waals surface area contributed by atoms with Crippen LogP contribution in [-0.2, 0) is 0 Å². The molecule has 3 heteroatoms. The van der Waals surface area contributed by atoms with Crippen LogP contribution in [0.25, 0.3) is 16.8 Å². The second kappa shape index (κ2) is 6.22. The topological polar surface area (TPSA) is 39.2 Å². The van der Waals surface area contributed by atoms with Gasteiger partial charge in [-0.25, -0.2) is 0 Å². The van der Waals surface area contributed by atoms with Crippen LogP contribution in [0.4, 0.5) is 0 Å². The number of hydrogen-bond acceptors (Lipinski definition) is 3. The second-order valence-electron chi connectivity index (χ2n) is 4.82. The van der Waals surface area contributed by atoms with Gasteiger partial charge in [-0.05, 0) is 41.1 Å². The molecule has 108 valence electrons. The zero-order valence-corrected chi connectivity index (χ0v) is 12.2. The summed E-state index contributed by atoms with van der Waals surface area (Å²) in [6.07, 6.45) is 4.93. The van der Waals surface area contributed by atoms with Gasteiger partial charge in [0, 0.05) is 11.8 Å². The fourth-order valence-corrected chi connectivity index (χ4v) is 2.38. The Hall–Kier alpha value is -2.94. The predicted octanol–water partition coefficient (Wildman–Crippen LogP) is 4.14. The molecule has 0 bridgehead atoms. The summed E-state index contributed by atoms with van der Waals surface area (Å²) in [7, 11) is 1.63. The highest BCUT2D eigenvalue weighted by atomic mass is 16.5. The number of benzene rings is 2. The number of nitrogens with zero attached hydrogens (tertiary/aromatic N) is 1. The standard InChI is InChI=1S/C19H15NO2/c1-22-19-12-9-14-6-2-3-7-15(14)16(19)10-11-18(21)17-8-4-5-13-20-17/h2-13H,1H3/b11-10+. The summed E-state index contributed by atoms with van der Waals surface area (Å²) in [5.74, 6) is 0.611. The second-order valence-corrected chi connectivity index (χ2v) is 4.82. The lowest BCUT2D eigenvalue weighted by molar-refractivity contribution is 0.104. The number of pyridine rings is 1. The van der Waals surface area contributed by atoms with E-state index in [1.54, 1.807) is 37.6 Å². The number of carbonyl (C=O) groups is 1. The highest BCUT2D eigenvalue weighted by Crippen LogP contribution is 2.29. The predicted molar refractivity (Wildman–Crippen MR) is 88.1 cm³/mol. The van der Waals surface area contributed by atoms with E-state index in [9.17, 15) is 4.79 Å². The minimum Gasteiger partial charge on any atom is -0.496 e. The van der Waals surface area contributed by atoms with E-state index in [4.69, 9.17) is 4.74 Å². The van der Waals surface area contributed by atoms with Crippen molar-refractivity contribution in [1.82, 2.24) is 4.98 Å². The summed E-state index contributed by atoms with van der Waals surface area (Å²) in [4.78, 5) is 16.2. The first-order valence-corrected chi connectivity index (χ1v) is 6.99. The highest BCUT2D eigenvalue weighted by molar-refractivity contribution is 6.07. The Labute approximate surface area is 128 Å². The maximum atomic E-state index is 12.2. The van der Waals surface area contributed by atoms with Crippen molar-refractivity contribution in [3.05, 3.63) is 78.1 Å². The first-order valence-electron chi connectivity index (χ1n) is 6.99. The third kappa shape index (κ3) is 2.74. The summed E-state index contributed by atoms with van der Waals surface area (Å²) in [5, 5.41) is 2.15. The average Bonchev–Trinajstić information content (AvgIpc) is 2.60. The molecule has 1 heterocycles. The summed E-state index contributed by atoms with van der Waals surface area (Å²) in [6, 6.07) is 17.2. The first-order chi connectivity index (χ1) is 10.8. The van der Waals surface area contributed by atoms with Crippen LogP contribution in [-0.4, -0.2) is 17.9 Å². The number of allylic oxidation sites excluding steroid dienone is 1. The zero-order chi connectivity index (χ0) is 15.4. The van der Waals surface area contributed by atoms with Crippen molar-refractivity contribution in [3.63, 3.8) is 0 Å². The highest BCUT2D eigenvalue weighted by Gasteiger charge is 2.07. The van der Waals surface area contributed by atoms with Crippen molar-refractivity contribution in [1.29, 1.82) is 0 Å². The molecule has 0 aliphatic heterocycles. The maximum Gasteiger partial charge on any atom is 0.204 e. The molecule has 0 saturated heterocycles. The quantitative estimate of drug-likeness (QED) is 0.535. The van der Waals surface area contributed by atoms with Crippen LogP contribution in [0, 0.1) is 0 Å². The molecular weight excluding hydrogens is 274 g/mol. The van der Waals surface area contributed by atoms with Gasteiger partial charge in [0.05, 0.1) is 7.11 Å². The Morgan fingerprint density at radius 2 is 1.86 bits per heavy atom. The number of ether oxygens (including phenoxy) is 1. The van der Waals surface area contributed by atoms with Crippen LogP contribution in [0.5, 0.6) is 5.75 Å². The number of aromatic nitrogens is 1. The van der Waals surface area contributed by atoms with Crippen molar-refractivity contribution in [2.45, 2.75) is 0 Å². The van der Waals surface area contributed by atoms with Crippen LogP contribution < -0.4 is 4.74 Å². The molecule has 0 saturated carbocycles. The third-order valence-corrected chi connectivity index (χ3v) is 3.47. The lowest BCUT2D eigenvalue weighted by atomic mass is 10.0. The van der Waals surface area contributed by atoms with E-state index in [1.807, 2.05) is 36.4 Å². The van der Waals surface area contributed by atoms with Gasteiger partial charge in [0.2, 0.25) is 5.78 Å². The molecule has 0 amide bonds. The third-order valence-electron chi connectivity index (χ3n) is 3.47. The Kier molecular flexibility index (Phi) is 3.97. The van der Waals surface area contributed by atoms with Crippen molar-refractivity contribution < 1.29 is 9.53 Å². The number of ketones is 1. The van der Waals surface area contributed by atoms with Gasteiger partial charge in [0.15, 0.2) is 0 Å². The van der Waals surface area contributed by atoms with Crippen LogP contribution in [0.3, 0.4) is 0 Å². The van der Waals surface area contributed by atoms with Crippen LogP contribution in [0.2, 0.25) is 0 Å². The smallest absolute Gasteiger partial charge is 0.204 e. The summed E-state index contributed by atoms with van der Waals surface area (Å²) >= 11 is 0. The zero-order valence-electron chi connectivity index (χ0n) is 12.2. The molecule has 0 aliphatic carbocycles. The number of carbonyl (C=O) groups excluding carboxylic acids is 1. The monoisotopic (exact) mass is 289 g/mol. The Morgan fingerprint density at radius 1 is 1.05 bits per heavy atom. The fourth-order valence-electron chi connectivity index (χ4n) is 2.38. The van der Waals surface area contributed by atoms with E-state index < -0.39 is 0 Å². The molecule has 0 unspecified atom stereocenters. The van der Waals surface area contributed by atoms with Crippen molar-refractivity contribution in [2.75, 3.05) is 7.11 Å². The molecule has 0 fully saturated rings. The van der Waals surface area contributed by atoms with E-state index in [0.717, 1.165) is 22.1 Å². The van der Waals surface area contributed by atoms with Crippen LogP contribution in [0.15, 0.2) is 66.9 Å². The maximum absolute atomic E-state index is 12.2. The van der Waals surface area contributed by atoms with Crippen molar-refractivity contribution in [3.8, 4) is 5.75 Å². The molecule has 0 aliphatic rings. The molecule has 3 nitrogen and oxygen atoms in total. The molecule has 0 atom stereocenters. The van der Waals surface area contributed by atoms with Crippen LogP contribution in [0.1, 0.15) is 16.1 Å². The molecule has 1 aromatic heterocycles. The molecule has 3 rings (SSSR count). The van der Waals surface area contributed by atoms with Crippen molar-refractivity contribution >= 4 is 22.6 Å². The number of methoxy groups -OCH3 is 1. The summed E-state index contributed by atoms with van der Waals surface area (Å²) in [5.41, 5.74) is 1.32. The van der Waals surface area contributed by atoms with E-state index in [0.29, 0.717) is 5.69 Å². The lowest BCUT2D eigenvalue weighted by Gasteiger charge is -2.08. The summed E-state index contributed by atoms with van der Waals surface area (Å²) < 4.78 is 5.41. The van der Waals surface area contributed by atoms with Gasteiger partial charge in [-0.3, -0.25) is 9.78 Å². The first kappa shape index (κ1) is 14.0.